The highest BCUT2D eigenvalue weighted by Gasteiger charge is 2.26. The summed E-state index contributed by atoms with van der Waals surface area (Å²) >= 11 is 0. The fourth-order valence-corrected chi connectivity index (χ4v) is 2.17. The number of carbonyl (C=O) groups excluding carboxylic acids is 1. The van der Waals surface area contributed by atoms with Gasteiger partial charge in [0.25, 0.3) is 0 Å². The van der Waals surface area contributed by atoms with Crippen LogP contribution in [0.3, 0.4) is 0 Å². The van der Waals surface area contributed by atoms with Crippen LogP contribution in [0.15, 0.2) is 30.3 Å². The van der Waals surface area contributed by atoms with Crippen LogP contribution in [0.1, 0.15) is 38.7 Å². The van der Waals surface area contributed by atoms with E-state index in [1.165, 1.54) is 0 Å². The predicted molar refractivity (Wildman–Crippen MR) is 79.1 cm³/mol. The van der Waals surface area contributed by atoms with Gasteiger partial charge in [0.15, 0.2) is 0 Å². The Morgan fingerprint density at radius 1 is 1.35 bits per heavy atom. The summed E-state index contributed by atoms with van der Waals surface area (Å²) < 4.78 is 0. The molecule has 0 fully saturated rings. The fraction of sp³-hybridized carbons (Fsp3) is 0.562. The minimum atomic E-state index is -1.16. The largest absolute Gasteiger partial charge is 0.396 e. The predicted octanol–water partition coefficient (Wildman–Crippen LogP) is 1.81. The monoisotopic (exact) mass is 279 g/mol. The lowest BCUT2D eigenvalue weighted by molar-refractivity contribution is -0.126. The van der Waals surface area contributed by atoms with Crippen molar-refractivity contribution < 1.29 is 15.0 Å². The molecule has 0 saturated carbocycles. The van der Waals surface area contributed by atoms with E-state index in [0.717, 1.165) is 12.0 Å². The van der Waals surface area contributed by atoms with Gasteiger partial charge in [-0.25, -0.2) is 0 Å². The Labute approximate surface area is 120 Å². The summed E-state index contributed by atoms with van der Waals surface area (Å²) in [5.41, 5.74) is -0.429. The number of amides is 1. The third kappa shape index (κ3) is 5.31. The summed E-state index contributed by atoms with van der Waals surface area (Å²) in [5, 5.41) is 22.1. The minimum absolute atomic E-state index is 0.0343. The smallest absolute Gasteiger partial charge is 0.223 e. The molecule has 112 valence electrons. The van der Waals surface area contributed by atoms with Crippen LogP contribution in [0.2, 0.25) is 0 Å². The standard InChI is InChI=1S/C16H25NO3/c1-3-13(9-10-18)12-17-15(19)11-16(2,20)14-7-5-4-6-8-14/h4-8,13,18,20H,3,9-12H2,1-2H3,(H,17,19). The second-order valence-electron chi connectivity index (χ2n) is 5.41. The van der Waals surface area contributed by atoms with Crippen LogP contribution < -0.4 is 5.32 Å². The average Bonchev–Trinajstić information content (AvgIpc) is 2.44. The van der Waals surface area contributed by atoms with E-state index >= 15 is 0 Å². The lowest BCUT2D eigenvalue weighted by atomic mass is 9.92. The summed E-state index contributed by atoms with van der Waals surface area (Å²) in [5.74, 6) is 0.112. The molecule has 0 aliphatic rings. The van der Waals surface area contributed by atoms with Gasteiger partial charge in [-0.1, -0.05) is 43.7 Å². The molecule has 2 unspecified atom stereocenters. The zero-order valence-electron chi connectivity index (χ0n) is 12.3. The van der Waals surface area contributed by atoms with E-state index in [0.29, 0.717) is 13.0 Å². The molecule has 0 aliphatic carbocycles. The first-order valence-electron chi connectivity index (χ1n) is 7.15. The van der Waals surface area contributed by atoms with Crippen molar-refractivity contribution in [1.82, 2.24) is 5.32 Å². The van der Waals surface area contributed by atoms with E-state index in [4.69, 9.17) is 5.11 Å². The van der Waals surface area contributed by atoms with Gasteiger partial charge in [0, 0.05) is 13.2 Å². The molecule has 0 heterocycles. The van der Waals surface area contributed by atoms with Gasteiger partial charge >= 0.3 is 0 Å². The number of carbonyl (C=O) groups is 1. The van der Waals surface area contributed by atoms with Crippen LogP contribution in [-0.2, 0) is 10.4 Å². The highest BCUT2D eigenvalue weighted by atomic mass is 16.3. The summed E-state index contributed by atoms with van der Waals surface area (Å²) in [6.07, 6.45) is 1.63. The van der Waals surface area contributed by atoms with Crippen molar-refractivity contribution in [2.24, 2.45) is 5.92 Å². The first kappa shape index (κ1) is 16.7. The second kappa shape index (κ2) is 8.02. The molecule has 0 aromatic heterocycles. The van der Waals surface area contributed by atoms with Crippen molar-refractivity contribution >= 4 is 5.91 Å². The van der Waals surface area contributed by atoms with Crippen LogP contribution in [-0.4, -0.2) is 29.3 Å². The molecular weight excluding hydrogens is 254 g/mol. The number of nitrogens with one attached hydrogen (secondary N) is 1. The van der Waals surface area contributed by atoms with Crippen molar-refractivity contribution in [2.75, 3.05) is 13.2 Å². The maximum absolute atomic E-state index is 11.9. The molecule has 0 aliphatic heterocycles. The first-order valence-corrected chi connectivity index (χ1v) is 7.15. The normalized spacial score (nSPS) is 15.4. The molecule has 1 amide bonds. The van der Waals surface area contributed by atoms with Crippen molar-refractivity contribution in [3.63, 3.8) is 0 Å². The van der Waals surface area contributed by atoms with Crippen molar-refractivity contribution in [1.29, 1.82) is 0 Å². The molecule has 1 aromatic rings. The van der Waals surface area contributed by atoms with E-state index in [1.807, 2.05) is 37.3 Å². The van der Waals surface area contributed by atoms with Crippen molar-refractivity contribution in [3.05, 3.63) is 35.9 Å². The number of hydrogen-bond acceptors (Lipinski definition) is 3. The Morgan fingerprint density at radius 2 is 2.00 bits per heavy atom. The van der Waals surface area contributed by atoms with Crippen LogP contribution in [0.25, 0.3) is 0 Å². The van der Waals surface area contributed by atoms with Crippen molar-refractivity contribution in [3.8, 4) is 0 Å². The molecule has 0 bridgehead atoms. The Balaban J connectivity index is 2.49. The van der Waals surface area contributed by atoms with Crippen LogP contribution in [0.5, 0.6) is 0 Å². The summed E-state index contributed by atoms with van der Waals surface area (Å²) in [6.45, 7) is 4.36. The van der Waals surface area contributed by atoms with Gasteiger partial charge in [0.05, 0.1) is 12.0 Å². The molecule has 1 aromatic carbocycles. The molecule has 0 spiro atoms. The average molecular weight is 279 g/mol. The Bertz CT molecular complexity index is 403. The third-order valence-corrected chi connectivity index (χ3v) is 3.60. The number of aliphatic hydroxyl groups excluding tert-OH is 1. The topological polar surface area (TPSA) is 69.6 Å². The van der Waals surface area contributed by atoms with Gasteiger partial charge in [-0.05, 0) is 24.8 Å². The zero-order valence-corrected chi connectivity index (χ0v) is 12.3. The van der Waals surface area contributed by atoms with Gasteiger partial charge in [0.1, 0.15) is 0 Å². The van der Waals surface area contributed by atoms with Crippen LogP contribution >= 0.6 is 0 Å². The van der Waals surface area contributed by atoms with Crippen LogP contribution in [0.4, 0.5) is 0 Å². The number of aliphatic hydroxyl groups is 2. The summed E-state index contributed by atoms with van der Waals surface area (Å²) in [7, 11) is 0. The Kier molecular flexibility index (Phi) is 6.68. The van der Waals surface area contributed by atoms with Gasteiger partial charge in [-0.3, -0.25) is 4.79 Å². The van der Waals surface area contributed by atoms with E-state index < -0.39 is 5.60 Å². The maximum Gasteiger partial charge on any atom is 0.223 e. The number of hydrogen-bond donors (Lipinski definition) is 3. The quantitative estimate of drug-likeness (QED) is 0.679. The first-order chi connectivity index (χ1) is 9.49. The van der Waals surface area contributed by atoms with E-state index in [2.05, 4.69) is 5.32 Å². The summed E-state index contributed by atoms with van der Waals surface area (Å²) in [4.78, 5) is 11.9. The summed E-state index contributed by atoms with van der Waals surface area (Å²) in [6, 6.07) is 9.19. The van der Waals surface area contributed by atoms with E-state index in [9.17, 15) is 9.90 Å². The third-order valence-electron chi connectivity index (χ3n) is 3.60. The van der Waals surface area contributed by atoms with Crippen LogP contribution in [0, 0.1) is 5.92 Å². The number of benzene rings is 1. The maximum atomic E-state index is 11.9. The van der Waals surface area contributed by atoms with Crippen molar-refractivity contribution in [2.45, 2.75) is 38.7 Å². The number of rotatable bonds is 8. The molecule has 4 nitrogen and oxygen atoms in total. The minimum Gasteiger partial charge on any atom is -0.396 e. The fourth-order valence-electron chi connectivity index (χ4n) is 2.17. The second-order valence-corrected chi connectivity index (χ2v) is 5.41. The molecule has 1 rings (SSSR count). The SMILES string of the molecule is CCC(CCO)CNC(=O)CC(C)(O)c1ccccc1. The molecule has 0 saturated heterocycles. The molecule has 4 heteroatoms. The zero-order chi connectivity index (χ0) is 15.0. The molecule has 3 N–H and O–H groups in total. The molecule has 20 heavy (non-hydrogen) atoms. The molecule has 2 atom stereocenters. The Hall–Kier alpha value is -1.39. The lowest BCUT2D eigenvalue weighted by Gasteiger charge is -2.24. The molecular formula is C16H25NO3. The van der Waals surface area contributed by atoms with Gasteiger partial charge in [-0.15, -0.1) is 0 Å². The highest BCUT2D eigenvalue weighted by Crippen LogP contribution is 2.23. The van der Waals surface area contributed by atoms with Gasteiger partial charge in [0.2, 0.25) is 5.91 Å². The van der Waals surface area contributed by atoms with Gasteiger partial charge < -0.3 is 15.5 Å². The Morgan fingerprint density at radius 3 is 2.55 bits per heavy atom. The lowest BCUT2D eigenvalue weighted by Crippen LogP contribution is -2.35. The van der Waals surface area contributed by atoms with E-state index in [1.54, 1.807) is 6.92 Å². The molecule has 0 radical (unpaired) electrons. The highest BCUT2D eigenvalue weighted by molar-refractivity contribution is 5.77. The van der Waals surface area contributed by atoms with Gasteiger partial charge in [-0.2, -0.15) is 0 Å². The van der Waals surface area contributed by atoms with E-state index in [-0.39, 0.29) is 24.9 Å².